The van der Waals surface area contributed by atoms with Crippen LogP contribution in [0, 0.1) is 24.7 Å². The van der Waals surface area contributed by atoms with Crippen molar-refractivity contribution in [3.8, 4) is 10.7 Å². The number of aromatic nitrogens is 5. The number of thiazole rings is 1. The minimum atomic E-state index is -0.258. The van der Waals surface area contributed by atoms with Crippen molar-refractivity contribution in [2.75, 3.05) is 36.0 Å². The van der Waals surface area contributed by atoms with Crippen LogP contribution >= 0.6 is 22.9 Å². The van der Waals surface area contributed by atoms with Crippen molar-refractivity contribution in [1.82, 2.24) is 25.2 Å². The minimum absolute atomic E-state index is 0.258. The molecule has 3 aromatic rings. The number of fused-ring (bicyclic) bond motifs is 1. The Hall–Kier alpha value is -2.26. The monoisotopic (exact) mass is 403 g/mol. The van der Waals surface area contributed by atoms with Gasteiger partial charge in [0.25, 0.3) is 0 Å². The Morgan fingerprint density at radius 3 is 2.59 bits per heavy atom. The van der Waals surface area contributed by atoms with Gasteiger partial charge in [-0.05, 0) is 23.4 Å². The number of hydrogen-bond donors (Lipinski definition) is 0. The van der Waals surface area contributed by atoms with E-state index >= 15 is 0 Å². The van der Waals surface area contributed by atoms with Gasteiger partial charge in [-0.2, -0.15) is 4.80 Å². The highest BCUT2D eigenvalue weighted by molar-refractivity contribution is 7.18. The highest BCUT2D eigenvalue weighted by atomic mass is 35.5. The van der Waals surface area contributed by atoms with E-state index in [1.807, 2.05) is 0 Å². The molecule has 0 amide bonds. The van der Waals surface area contributed by atoms with Gasteiger partial charge < -0.3 is 9.80 Å². The van der Waals surface area contributed by atoms with E-state index in [1.165, 1.54) is 23.5 Å². The Kier molecular flexibility index (Phi) is 4.01. The van der Waals surface area contributed by atoms with Crippen molar-refractivity contribution in [3.63, 3.8) is 0 Å². The molecule has 5 rings (SSSR count). The molecule has 2 saturated heterocycles. The molecule has 1 aromatic carbocycles. The van der Waals surface area contributed by atoms with Gasteiger partial charge in [-0.25, -0.2) is 9.37 Å². The molecular weight excluding hydrogens is 389 g/mol. The maximum absolute atomic E-state index is 13.6. The molecule has 0 saturated carbocycles. The van der Waals surface area contributed by atoms with Crippen LogP contribution in [0.15, 0.2) is 24.4 Å². The second-order valence-corrected chi connectivity index (χ2v) is 8.28. The summed E-state index contributed by atoms with van der Waals surface area (Å²) in [6.45, 7) is 3.56. The quantitative estimate of drug-likeness (QED) is 0.670. The number of halogens is 2. The molecule has 0 aliphatic carbocycles. The summed E-state index contributed by atoms with van der Waals surface area (Å²) < 4.78 is 13.6. The van der Waals surface area contributed by atoms with Gasteiger partial charge in [0.15, 0.2) is 5.13 Å². The second-order valence-electron chi connectivity index (χ2n) is 6.87. The lowest BCUT2D eigenvalue weighted by molar-refractivity contribution is 0.533. The average molecular weight is 404 g/mol. The van der Waals surface area contributed by atoms with Crippen molar-refractivity contribution >= 4 is 33.8 Å². The minimum Gasteiger partial charge on any atom is -0.370 e. The number of nitrogens with zero attached hydrogens (tertiary/aromatic N) is 7. The molecule has 0 N–H and O–H groups in total. The summed E-state index contributed by atoms with van der Waals surface area (Å²) in [7, 11) is 5.46. The number of rotatable bonds is 3. The maximum Gasteiger partial charge on any atom is 0.216 e. The van der Waals surface area contributed by atoms with Crippen LogP contribution in [0.2, 0.25) is 5.02 Å². The van der Waals surface area contributed by atoms with Crippen LogP contribution in [-0.2, 0) is 0 Å². The summed E-state index contributed by atoms with van der Waals surface area (Å²) in [5, 5.41) is 13.1. The Balaban J connectivity index is 1.29. The zero-order valence-corrected chi connectivity index (χ0v) is 15.7. The fourth-order valence-corrected chi connectivity index (χ4v) is 5.01. The predicted molar refractivity (Wildman–Crippen MR) is 101 cm³/mol. The molecular formula is C17H15ClFN7S. The van der Waals surface area contributed by atoms with Crippen molar-refractivity contribution in [1.29, 1.82) is 0 Å². The van der Waals surface area contributed by atoms with Gasteiger partial charge in [0.05, 0.1) is 21.8 Å². The molecule has 2 aliphatic rings. The summed E-state index contributed by atoms with van der Waals surface area (Å²) >= 11 is 7.80. The van der Waals surface area contributed by atoms with E-state index in [0.717, 1.165) is 46.7 Å². The molecule has 2 radical (unpaired) electrons. The fourth-order valence-electron chi connectivity index (χ4n) is 3.91. The number of tetrazole rings is 1. The van der Waals surface area contributed by atoms with Gasteiger partial charge in [0, 0.05) is 38.0 Å². The maximum atomic E-state index is 13.6. The molecule has 4 heterocycles. The zero-order chi connectivity index (χ0) is 18.5. The van der Waals surface area contributed by atoms with Crippen LogP contribution < -0.4 is 9.80 Å². The molecule has 10 heteroatoms. The van der Waals surface area contributed by atoms with Crippen molar-refractivity contribution in [3.05, 3.63) is 42.3 Å². The SMILES string of the molecule is [CH]n1nnc(-c2cnc(N3CC4CN(c5cc(F)ccc5Cl)CC4C3)s2)n1. The molecule has 2 atom stereocenters. The summed E-state index contributed by atoms with van der Waals surface area (Å²) in [4.78, 5) is 10.8. The fraction of sp³-hybridized carbons (Fsp3) is 0.353. The van der Waals surface area contributed by atoms with Gasteiger partial charge in [-0.1, -0.05) is 22.9 Å². The molecule has 2 unspecified atom stereocenters. The van der Waals surface area contributed by atoms with E-state index in [0.29, 0.717) is 22.7 Å². The van der Waals surface area contributed by atoms with Crippen LogP contribution in [0.5, 0.6) is 0 Å². The molecule has 27 heavy (non-hydrogen) atoms. The van der Waals surface area contributed by atoms with Crippen molar-refractivity contribution < 1.29 is 4.39 Å². The summed E-state index contributed by atoms with van der Waals surface area (Å²) in [6, 6.07) is 4.53. The van der Waals surface area contributed by atoms with Crippen LogP contribution in [0.4, 0.5) is 15.2 Å². The van der Waals surface area contributed by atoms with Crippen LogP contribution in [0.3, 0.4) is 0 Å². The van der Waals surface area contributed by atoms with Crippen molar-refractivity contribution in [2.45, 2.75) is 0 Å². The lowest BCUT2D eigenvalue weighted by Crippen LogP contribution is -2.28. The molecule has 0 spiro atoms. The summed E-state index contributed by atoms with van der Waals surface area (Å²) in [5.74, 6) is 1.22. The Morgan fingerprint density at radius 2 is 1.89 bits per heavy atom. The summed E-state index contributed by atoms with van der Waals surface area (Å²) in [6.07, 6.45) is 1.75. The van der Waals surface area contributed by atoms with Gasteiger partial charge >= 0.3 is 0 Å². The first-order valence-electron chi connectivity index (χ1n) is 8.53. The Bertz CT molecular complexity index is 975. The highest BCUT2D eigenvalue weighted by Gasteiger charge is 2.41. The molecule has 2 aromatic heterocycles. The zero-order valence-electron chi connectivity index (χ0n) is 14.2. The third-order valence-electron chi connectivity index (χ3n) is 5.15. The Labute approximate surface area is 164 Å². The number of benzene rings is 1. The van der Waals surface area contributed by atoms with Crippen LogP contribution in [0.25, 0.3) is 10.7 Å². The predicted octanol–water partition coefficient (Wildman–Crippen LogP) is 2.68. The first-order chi connectivity index (χ1) is 13.1. The van der Waals surface area contributed by atoms with E-state index < -0.39 is 0 Å². The van der Waals surface area contributed by atoms with Gasteiger partial charge in [-0.15, -0.1) is 10.2 Å². The first kappa shape index (κ1) is 16.9. The number of anilines is 2. The average Bonchev–Trinajstić information content (AvgIpc) is 3.38. The summed E-state index contributed by atoms with van der Waals surface area (Å²) in [5.41, 5.74) is 0.782. The first-order valence-corrected chi connectivity index (χ1v) is 9.72. The lowest BCUT2D eigenvalue weighted by atomic mass is 10.0. The second kappa shape index (κ2) is 6.42. The molecule has 2 fully saturated rings. The third-order valence-corrected chi connectivity index (χ3v) is 6.52. The van der Waals surface area contributed by atoms with Gasteiger partial charge in [0.1, 0.15) is 12.9 Å². The standard InChI is InChI=1S/C17H15ClFN7S/c1-24-22-16(21-23-24)15-5-20-17(27-15)26-8-10-6-25(7-11(10)9-26)14-4-12(19)2-3-13(14)18/h1-5,10-11H,6-9H2. The van der Waals surface area contributed by atoms with Crippen molar-refractivity contribution in [2.24, 2.45) is 11.8 Å². The van der Waals surface area contributed by atoms with E-state index in [4.69, 9.17) is 18.6 Å². The lowest BCUT2D eigenvalue weighted by Gasteiger charge is -2.23. The van der Waals surface area contributed by atoms with Gasteiger partial charge in [-0.3, -0.25) is 0 Å². The van der Waals surface area contributed by atoms with Crippen LogP contribution in [0.1, 0.15) is 0 Å². The van der Waals surface area contributed by atoms with E-state index in [2.05, 4.69) is 30.2 Å². The molecule has 7 nitrogen and oxygen atoms in total. The van der Waals surface area contributed by atoms with Crippen LogP contribution in [-0.4, -0.2) is 51.4 Å². The van der Waals surface area contributed by atoms with E-state index in [1.54, 1.807) is 12.3 Å². The molecule has 0 bridgehead atoms. The Morgan fingerprint density at radius 1 is 1.15 bits per heavy atom. The largest absolute Gasteiger partial charge is 0.370 e. The third kappa shape index (κ3) is 3.04. The smallest absolute Gasteiger partial charge is 0.216 e. The topological polar surface area (TPSA) is 63.0 Å². The van der Waals surface area contributed by atoms with E-state index in [9.17, 15) is 4.39 Å². The number of hydrogen-bond acceptors (Lipinski definition) is 7. The molecule has 138 valence electrons. The normalized spacial score (nSPS) is 21.9. The molecule has 2 aliphatic heterocycles. The highest BCUT2D eigenvalue weighted by Crippen LogP contribution is 2.40. The van der Waals surface area contributed by atoms with E-state index in [-0.39, 0.29) is 5.82 Å². The van der Waals surface area contributed by atoms with Gasteiger partial charge in [0.2, 0.25) is 5.82 Å².